The van der Waals surface area contributed by atoms with Gasteiger partial charge in [-0.3, -0.25) is 4.79 Å². The summed E-state index contributed by atoms with van der Waals surface area (Å²) >= 11 is 5.95. The number of benzene rings is 1. The van der Waals surface area contributed by atoms with E-state index in [1.165, 1.54) is 0 Å². The Hall–Kier alpha value is -1.02. The van der Waals surface area contributed by atoms with Crippen molar-refractivity contribution in [3.63, 3.8) is 0 Å². The van der Waals surface area contributed by atoms with Gasteiger partial charge in [0.05, 0.1) is 0 Å². The Bertz CT molecular complexity index is 347. The number of carbonyl (C=O) groups is 1. The Balaban J connectivity index is 1.91. The Morgan fingerprint density at radius 3 is 2.79 bits per heavy atom. The molecule has 0 saturated heterocycles. The second-order valence-corrected chi connectivity index (χ2v) is 3.99. The first kappa shape index (κ1) is 9.53. The van der Waals surface area contributed by atoms with Gasteiger partial charge in [-0.15, -0.1) is 0 Å². The number of halogens is 1. The maximum atomic E-state index is 11.3. The van der Waals surface area contributed by atoms with Crippen LogP contribution < -0.4 is 5.32 Å². The third kappa shape index (κ3) is 2.26. The van der Waals surface area contributed by atoms with Crippen LogP contribution in [0.3, 0.4) is 0 Å². The molecule has 0 bridgehead atoms. The fourth-order valence-electron chi connectivity index (χ4n) is 1.31. The fraction of sp³-hybridized carbons (Fsp3) is 0.364. The molecule has 1 aromatic carbocycles. The molecule has 1 fully saturated rings. The lowest BCUT2D eigenvalue weighted by molar-refractivity contribution is -0.122. The van der Waals surface area contributed by atoms with E-state index in [2.05, 4.69) is 5.32 Å². The van der Waals surface area contributed by atoms with Gasteiger partial charge in [-0.25, -0.2) is 0 Å². The van der Waals surface area contributed by atoms with Gasteiger partial charge >= 0.3 is 0 Å². The molecule has 0 heterocycles. The predicted molar refractivity (Wildman–Crippen MR) is 56.0 cm³/mol. The molecule has 0 spiro atoms. The monoisotopic (exact) mass is 209 g/mol. The highest BCUT2D eigenvalue weighted by Crippen LogP contribution is 2.28. The van der Waals surface area contributed by atoms with E-state index < -0.39 is 0 Å². The average molecular weight is 210 g/mol. The number of hydrogen-bond acceptors (Lipinski definition) is 1. The van der Waals surface area contributed by atoms with Crippen molar-refractivity contribution < 1.29 is 4.79 Å². The average Bonchev–Trinajstić information content (AvgIpc) is 2.99. The topological polar surface area (TPSA) is 29.1 Å². The Morgan fingerprint density at radius 2 is 2.14 bits per heavy atom. The lowest BCUT2D eigenvalue weighted by Gasteiger charge is -2.05. The summed E-state index contributed by atoms with van der Waals surface area (Å²) < 4.78 is 0. The molecule has 0 unspecified atom stereocenters. The molecule has 2 rings (SSSR count). The lowest BCUT2D eigenvalue weighted by atomic mass is 10.2. The van der Waals surface area contributed by atoms with Crippen LogP contribution in [0.5, 0.6) is 0 Å². The van der Waals surface area contributed by atoms with Crippen molar-refractivity contribution >= 4 is 17.5 Å². The second kappa shape index (κ2) is 4.01. The van der Waals surface area contributed by atoms with E-state index in [0.29, 0.717) is 11.6 Å². The molecule has 3 heteroatoms. The summed E-state index contributed by atoms with van der Waals surface area (Å²) in [5.41, 5.74) is 0.975. The van der Waals surface area contributed by atoms with Crippen molar-refractivity contribution in [3.8, 4) is 0 Å². The van der Waals surface area contributed by atoms with Gasteiger partial charge in [0.2, 0.25) is 5.91 Å². The molecule has 0 radical (unpaired) electrons. The number of carbonyl (C=O) groups excluding carboxylic acids is 1. The van der Waals surface area contributed by atoms with Gasteiger partial charge in [0.25, 0.3) is 0 Å². The summed E-state index contributed by atoms with van der Waals surface area (Å²) in [6.07, 6.45) is 2.07. The van der Waals surface area contributed by atoms with E-state index >= 15 is 0 Å². The molecular weight excluding hydrogens is 198 g/mol. The standard InChI is InChI=1S/C11H12ClNO/c12-10-4-2-1-3-9(10)7-13-11(14)8-5-6-8/h1-4,8H,5-7H2,(H,13,14). The zero-order valence-corrected chi connectivity index (χ0v) is 8.55. The van der Waals surface area contributed by atoms with Crippen LogP contribution in [-0.4, -0.2) is 5.91 Å². The van der Waals surface area contributed by atoms with Gasteiger partial charge < -0.3 is 5.32 Å². The third-order valence-corrected chi connectivity index (χ3v) is 2.73. The summed E-state index contributed by atoms with van der Waals surface area (Å²) in [4.78, 5) is 11.3. The van der Waals surface area contributed by atoms with Gasteiger partial charge in [0.1, 0.15) is 0 Å². The summed E-state index contributed by atoms with van der Waals surface area (Å²) in [5.74, 6) is 0.419. The Labute approximate surface area is 88.3 Å². The fourth-order valence-corrected chi connectivity index (χ4v) is 1.52. The molecule has 1 amide bonds. The minimum atomic E-state index is 0.157. The number of hydrogen-bond donors (Lipinski definition) is 1. The Kier molecular flexibility index (Phi) is 2.73. The van der Waals surface area contributed by atoms with Crippen molar-refractivity contribution in [3.05, 3.63) is 34.9 Å². The van der Waals surface area contributed by atoms with E-state index in [-0.39, 0.29) is 11.8 Å². The summed E-state index contributed by atoms with van der Waals surface area (Å²) in [7, 11) is 0. The van der Waals surface area contributed by atoms with Gasteiger partial charge in [0.15, 0.2) is 0 Å². The molecular formula is C11H12ClNO. The Morgan fingerprint density at radius 1 is 1.43 bits per heavy atom. The quantitative estimate of drug-likeness (QED) is 0.814. The highest BCUT2D eigenvalue weighted by atomic mass is 35.5. The summed E-state index contributed by atoms with van der Waals surface area (Å²) in [6.45, 7) is 0.537. The first-order valence-corrected chi connectivity index (χ1v) is 5.16. The van der Waals surface area contributed by atoms with Crippen LogP contribution in [0.1, 0.15) is 18.4 Å². The number of rotatable bonds is 3. The lowest BCUT2D eigenvalue weighted by Crippen LogP contribution is -2.24. The van der Waals surface area contributed by atoms with E-state index in [4.69, 9.17) is 11.6 Å². The summed E-state index contributed by atoms with van der Waals surface area (Å²) in [5, 5.41) is 3.59. The highest BCUT2D eigenvalue weighted by molar-refractivity contribution is 6.31. The van der Waals surface area contributed by atoms with Crippen LogP contribution in [0.2, 0.25) is 5.02 Å². The van der Waals surface area contributed by atoms with E-state index in [1.54, 1.807) is 0 Å². The molecule has 1 aromatic rings. The van der Waals surface area contributed by atoms with Crippen molar-refractivity contribution in [2.45, 2.75) is 19.4 Å². The second-order valence-electron chi connectivity index (χ2n) is 3.58. The first-order chi connectivity index (χ1) is 6.77. The zero-order valence-electron chi connectivity index (χ0n) is 7.79. The number of nitrogens with one attached hydrogen (secondary N) is 1. The van der Waals surface area contributed by atoms with E-state index in [1.807, 2.05) is 24.3 Å². The molecule has 0 atom stereocenters. The molecule has 14 heavy (non-hydrogen) atoms. The van der Waals surface area contributed by atoms with Crippen molar-refractivity contribution in [2.24, 2.45) is 5.92 Å². The summed E-state index contributed by atoms with van der Waals surface area (Å²) in [6, 6.07) is 7.56. The zero-order chi connectivity index (χ0) is 9.97. The molecule has 1 saturated carbocycles. The first-order valence-electron chi connectivity index (χ1n) is 4.78. The van der Waals surface area contributed by atoms with Crippen LogP contribution in [-0.2, 0) is 11.3 Å². The van der Waals surface area contributed by atoms with Gasteiger partial charge in [-0.2, -0.15) is 0 Å². The minimum absolute atomic E-state index is 0.157. The largest absolute Gasteiger partial charge is 0.352 e. The highest BCUT2D eigenvalue weighted by Gasteiger charge is 2.29. The van der Waals surface area contributed by atoms with Crippen LogP contribution >= 0.6 is 11.6 Å². The van der Waals surface area contributed by atoms with Gasteiger partial charge in [-0.05, 0) is 24.5 Å². The molecule has 1 aliphatic carbocycles. The molecule has 0 aromatic heterocycles. The van der Waals surface area contributed by atoms with E-state index in [9.17, 15) is 4.79 Å². The smallest absolute Gasteiger partial charge is 0.223 e. The molecule has 1 aliphatic rings. The van der Waals surface area contributed by atoms with Crippen molar-refractivity contribution in [1.29, 1.82) is 0 Å². The van der Waals surface area contributed by atoms with Crippen molar-refractivity contribution in [1.82, 2.24) is 5.32 Å². The molecule has 1 N–H and O–H groups in total. The van der Waals surface area contributed by atoms with Crippen LogP contribution in [0.4, 0.5) is 0 Å². The van der Waals surface area contributed by atoms with E-state index in [0.717, 1.165) is 18.4 Å². The number of amides is 1. The normalized spacial score (nSPS) is 15.2. The minimum Gasteiger partial charge on any atom is -0.352 e. The van der Waals surface area contributed by atoms with Gasteiger partial charge in [-0.1, -0.05) is 29.8 Å². The maximum Gasteiger partial charge on any atom is 0.223 e. The van der Waals surface area contributed by atoms with Crippen molar-refractivity contribution in [2.75, 3.05) is 0 Å². The predicted octanol–water partition coefficient (Wildman–Crippen LogP) is 2.37. The van der Waals surface area contributed by atoms with Crippen LogP contribution in [0.25, 0.3) is 0 Å². The van der Waals surface area contributed by atoms with Crippen LogP contribution in [0.15, 0.2) is 24.3 Å². The third-order valence-electron chi connectivity index (χ3n) is 2.36. The maximum absolute atomic E-state index is 11.3. The molecule has 2 nitrogen and oxygen atoms in total. The SMILES string of the molecule is O=C(NCc1ccccc1Cl)C1CC1. The van der Waals surface area contributed by atoms with Gasteiger partial charge in [0, 0.05) is 17.5 Å². The molecule has 74 valence electrons. The van der Waals surface area contributed by atoms with Crippen LogP contribution in [0, 0.1) is 5.92 Å². The molecule has 0 aliphatic heterocycles.